The van der Waals surface area contributed by atoms with E-state index in [1.54, 1.807) is 0 Å². The highest BCUT2D eigenvalue weighted by Crippen LogP contribution is 2.29. The van der Waals surface area contributed by atoms with Gasteiger partial charge in [0, 0.05) is 18.5 Å². The van der Waals surface area contributed by atoms with E-state index in [1.807, 2.05) is 73.7 Å². The Kier molecular flexibility index (Phi) is 8.97. The zero-order chi connectivity index (χ0) is 24.3. The van der Waals surface area contributed by atoms with Crippen molar-refractivity contribution in [2.75, 3.05) is 6.54 Å². The maximum absolute atomic E-state index is 11.5. The summed E-state index contributed by atoms with van der Waals surface area (Å²) in [5.74, 6) is -0.00672. The number of nitrogens with zero attached hydrogens (tertiary/aromatic N) is 1. The summed E-state index contributed by atoms with van der Waals surface area (Å²) >= 11 is 0. The van der Waals surface area contributed by atoms with Crippen LogP contribution < -0.4 is 4.74 Å². The molecule has 0 radical (unpaired) electrons. The first-order chi connectivity index (χ1) is 16.5. The van der Waals surface area contributed by atoms with Crippen LogP contribution in [0.3, 0.4) is 0 Å². The van der Waals surface area contributed by atoms with Crippen LogP contribution in [0.2, 0.25) is 0 Å². The van der Waals surface area contributed by atoms with Crippen molar-refractivity contribution in [1.29, 1.82) is 5.41 Å². The van der Waals surface area contributed by atoms with Crippen molar-refractivity contribution in [3.05, 3.63) is 89.5 Å². The Hall–Kier alpha value is -3.93. The molecular weight excluding hydrogens is 428 g/mol. The number of amides is 1. The summed E-state index contributed by atoms with van der Waals surface area (Å²) in [7, 11) is 0. The third-order valence-corrected chi connectivity index (χ3v) is 5.59. The molecule has 2 N–H and O–H groups in total. The molecule has 0 unspecified atom stereocenters. The van der Waals surface area contributed by atoms with Crippen molar-refractivity contribution in [3.63, 3.8) is 0 Å². The minimum atomic E-state index is -0.908. The highest BCUT2D eigenvalue weighted by atomic mass is 16.5. The lowest BCUT2D eigenvalue weighted by molar-refractivity contribution is -0.136. The fourth-order valence-electron chi connectivity index (χ4n) is 3.78. The topological polar surface area (TPSA) is 90.7 Å². The van der Waals surface area contributed by atoms with E-state index >= 15 is 0 Å². The molecule has 0 heterocycles. The molecule has 3 aromatic rings. The number of aryl methyl sites for hydroxylation is 1. The lowest BCUT2D eigenvalue weighted by Crippen LogP contribution is -2.28. The van der Waals surface area contributed by atoms with Gasteiger partial charge >= 0.3 is 5.97 Å². The van der Waals surface area contributed by atoms with Gasteiger partial charge in [0.15, 0.2) is 0 Å². The monoisotopic (exact) mass is 458 g/mol. The van der Waals surface area contributed by atoms with Crippen LogP contribution in [-0.4, -0.2) is 34.8 Å². The van der Waals surface area contributed by atoms with Gasteiger partial charge in [0.2, 0.25) is 6.41 Å². The minimum Gasteiger partial charge on any atom is -0.489 e. The molecule has 3 aromatic carbocycles. The van der Waals surface area contributed by atoms with E-state index in [9.17, 15) is 14.7 Å². The number of carboxylic acids is 1. The first-order valence-electron chi connectivity index (χ1n) is 11.4. The van der Waals surface area contributed by atoms with Gasteiger partial charge in [-0.3, -0.25) is 15.0 Å². The second-order valence-corrected chi connectivity index (χ2v) is 8.06. The Balaban J connectivity index is 1.72. The van der Waals surface area contributed by atoms with Gasteiger partial charge < -0.3 is 14.7 Å². The molecule has 0 saturated carbocycles. The zero-order valence-electron chi connectivity index (χ0n) is 19.4. The molecule has 0 aliphatic heterocycles. The molecule has 0 aromatic heterocycles. The normalized spacial score (nSPS) is 10.5. The van der Waals surface area contributed by atoms with E-state index in [1.165, 1.54) is 4.90 Å². The Morgan fingerprint density at radius 3 is 2.44 bits per heavy atom. The number of ether oxygens (including phenoxy) is 1. The van der Waals surface area contributed by atoms with Crippen molar-refractivity contribution in [2.24, 2.45) is 0 Å². The van der Waals surface area contributed by atoms with Gasteiger partial charge in [-0.25, -0.2) is 0 Å². The van der Waals surface area contributed by atoms with E-state index in [2.05, 4.69) is 6.07 Å². The average Bonchev–Trinajstić information content (AvgIpc) is 2.84. The van der Waals surface area contributed by atoms with Gasteiger partial charge in [-0.1, -0.05) is 60.7 Å². The predicted molar refractivity (Wildman–Crippen MR) is 133 cm³/mol. The quantitative estimate of drug-likeness (QED) is 0.218. The molecule has 6 nitrogen and oxygen atoms in total. The van der Waals surface area contributed by atoms with Crippen LogP contribution in [-0.2, 0) is 29.0 Å². The highest BCUT2D eigenvalue weighted by Gasteiger charge is 2.12. The fourth-order valence-corrected chi connectivity index (χ4v) is 3.78. The third-order valence-electron chi connectivity index (χ3n) is 5.59. The maximum atomic E-state index is 11.5. The Labute approximate surface area is 200 Å². The third kappa shape index (κ3) is 7.04. The molecule has 176 valence electrons. The summed E-state index contributed by atoms with van der Waals surface area (Å²) in [4.78, 5) is 23.9. The van der Waals surface area contributed by atoms with Crippen LogP contribution in [0.4, 0.5) is 0 Å². The molecule has 0 bridgehead atoms. The van der Waals surface area contributed by atoms with E-state index in [-0.39, 0.29) is 6.42 Å². The summed E-state index contributed by atoms with van der Waals surface area (Å²) in [6.07, 6.45) is 2.67. The number of rotatable bonds is 12. The predicted octanol–water partition coefficient (Wildman–Crippen LogP) is 5.34. The van der Waals surface area contributed by atoms with Crippen molar-refractivity contribution >= 4 is 18.2 Å². The molecule has 1 amide bonds. The smallest absolute Gasteiger partial charge is 0.307 e. The molecule has 0 atom stereocenters. The van der Waals surface area contributed by atoms with Crippen LogP contribution in [0.15, 0.2) is 72.8 Å². The molecule has 0 aliphatic rings. The molecule has 6 heteroatoms. The Bertz CT molecular complexity index is 1130. The first-order valence-corrected chi connectivity index (χ1v) is 11.4. The molecule has 34 heavy (non-hydrogen) atoms. The van der Waals surface area contributed by atoms with Crippen LogP contribution in [0.25, 0.3) is 11.1 Å². The largest absolute Gasteiger partial charge is 0.489 e. The first kappa shape index (κ1) is 24.7. The maximum Gasteiger partial charge on any atom is 0.307 e. The molecule has 0 aliphatic carbocycles. The van der Waals surface area contributed by atoms with Crippen LogP contribution in [0.1, 0.15) is 36.5 Å². The molecular formula is C28H30N2O4. The van der Waals surface area contributed by atoms with Crippen molar-refractivity contribution < 1.29 is 19.4 Å². The summed E-state index contributed by atoms with van der Waals surface area (Å²) in [5, 5.41) is 17.4. The zero-order valence-corrected chi connectivity index (χ0v) is 19.4. The standard InChI is InChI=1S/C28H30N2O4/c1-2-30(20-31)27(29)13-7-11-21-10-6-12-23(16-21)24-14-15-26(25(17-24)18-28(32)33)34-19-22-8-4-3-5-9-22/h3-6,8-10,12,14-17,20,29H,2,7,11,13,18-19H2,1H3,(H,32,33). The summed E-state index contributed by atoms with van der Waals surface area (Å²) in [6.45, 7) is 2.72. The van der Waals surface area contributed by atoms with Crippen molar-refractivity contribution in [1.82, 2.24) is 4.90 Å². The summed E-state index contributed by atoms with van der Waals surface area (Å²) < 4.78 is 5.94. The highest BCUT2D eigenvalue weighted by molar-refractivity contribution is 5.88. The second kappa shape index (κ2) is 12.3. The lowest BCUT2D eigenvalue weighted by Gasteiger charge is -2.15. The Morgan fingerprint density at radius 2 is 1.74 bits per heavy atom. The van der Waals surface area contributed by atoms with E-state index in [0.717, 1.165) is 35.1 Å². The van der Waals surface area contributed by atoms with Crippen LogP contribution in [0.5, 0.6) is 5.75 Å². The van der Waals surface area contributed by atoms with Gasteiger partial charge in [-0.2, -0.15) is 0 Å². The second-order valence-electron chi connectivity index (χ2n) is 8.06. The SMILES string of the molecule is CCN(C=O)C(=N)CCCc1cccc(-c2ccc(OCc3ccccc3)c(CC(=O)O)c2)c1. The van der Waals surface area contributed by atoms with Crippen LogP contribution in [0, 0.1) is 5.41 Å². The van der Waals surface area contributed by atoms with Gasteiger partial charge in [0.1, 0.15) is 18.2 Å². The lowest BCUT2D eigenvalue weighted by atomic mass is 9.97. The van der Waals surface area contributed by atoms with Gasteiger partial charge in [0.05, 0.1) is 6.42 Å². The number of amidine groups is 1. The summed E-state index contributed by atoms with van der Waals surface area (Å²) in [5.41, 5.74) is 4.70. The number of hydrogen-bond donors (Lipinski definition) is 2. The average molecular weight is 459 g/mol. The number of carbonyl (C=O) groups excluding carboxylic acids is 1. The number of benzene rings is 3. The Morgan fingerprint density at radius 1 is 1.00 bits per heavy atom. The fraction of sp³-hybridized carbons (Fsp3) is 0.250. The molecule has 0 spiro atoms. The van der Waals surface area contributed by atoms with E-state index in [4.69, 9.17) is 10.1 Å². The van der Waals surface area contributed by atoms with Crippen LogP contribution >= 0.6 is 0 Å². The van der Waals surface area contributed by atoms with E-state index in [0.29, 0.717) is 43.1 Å². The minimum absolute atomic E-state index is 0.121. The number of hydrogen-bond acceptors (Lipinski definition) is 4. The molecule has 0 saturated heterocycles. The molecule has 0 fully saturated rings. The van der Waals surface area contributed by atoms with Gasteiger partial charge in [-0.05, 0) is 54.2 Å². The van der Waals surface area contributed by atoms with E-state index < -0.39 is 5.97 Å². The number of aliphatic carboxylic acids is 1. The van der Waals surface area contributed by atoms with Crippen molar-refractivity contribution in [3.8, 4) is 16.9 Å². The van der Waals surface area contributed by atoms with Crippen molar-refractivity contribution in [2.45, 2.75) is 39.2 Å². The number of nitrogens with one attached hydrogen (secondary N) is 1. The molecule has 3 rings (SSSR count). The number of carbonyl (C=O) groups is 2. The summed E-state index contributed by atoms with van der Waals surface area (Å²) in [6, 6.07) is 23.5. The van der Waals surface area contributed by atoms with Gasteiger partial charge in [0.25, 0.3) is 0 Å². The number of carboxylic acid groups (broad SMARTS) is 1. The van der Waals surface area contributed by atoms with Gasteiger partial charge in [-0.15, -0.1) is 0 Å².